The number of sulfonamides is 1. The highest BCUT2D eigenvalue weighted by molar-refractivity contribution is 7.89. The summed E-state index contributed by atoms with van der Waals surface area (Å²) >= 11 is 0. The molecule has 6 nitrogen and oxygen atoms in total. The van der Waals surface area contributed by atoms with Crippen molar-refractivity contribution in [3.05, 3.63) is 95.6 Å². The van der Waals surface area contributed by atoms with Crippen molar-refractivity contribution in [2.24, 2.45) is 0 Å². The summed E-state index contributed by atoms with van der Waals surface area (Å²) < 4.78 is 51.7. The van der Waals surface area contributed by atoms with Crippen LogP contribution in [0.15, 0.2) is 83.8 Å². The number of hydrogen-bond donors (Lipinski definition) is 0. The van der Waals surface area contributed by atoms with E-state index in [1.54, 1.807) is 35.7 Å². The molecule has 9 heteroatoms. The molecule has 0 saturated heterocycles. The largest absolute Gasteiger partial charge is 0.497 e. The van der Waals surface area contributed by atoms with Gasteiger partial charge in [0.15, 0.2) is 16.6 Å². The average Bonchev–Trinajstić information content (AvgIpc) is 2.93. The number of methoxy groups -OCH3 is 1. The zero-order valence-electron chi connectivity index (χ0n) is 27.6. The van der Waals surface area contributed by atoms with Gasteiger partial charge in [0.1, 0.15) is 12.0 Å². The van der Waals surface area contributed by atoms with E-state index in [9.17, 15) is 8.42 Å². The Bertz CT molecular complexity index is 1510. The second-order valence-electron chi connectivity index (χ2n) is 14.5. The number of fused-ring (bicyclic) bond motifs is 1. The lowest BCUT2D eigenvalue weighted by Crippen LogP contribution is -2.53. The Morgan fingerprint density at radius 1 is 0.698 bits per heavy atom. The molecule has 0 saturated carbocycles. The summed E-state index contributed by atoms with van der Waals surface area (Å²) in [5, 5.41) is -0.260. The van der Waals surface area contributed by atoms with Crippen LogP contribution in [0.2, 0.25) is 36.3 Å². The minimum atomic E-state index is -4.07. The molecule has 3 aromatic rings. The van der Waals surface area contributed by atoms with Gasteiger partial charge < -0.3 is 13.6 Å². The van der Waals surface area contributed by atoms with Crippen LogP contribution in [0.1, 0.15) is 76.6 Å². The molecule has 0 fully saturated rings. The van der Waals surface area contributed by atoms with Gasteiger partial charge in [-0.15, -0.1) is 0 Å². The molecule has 0 amide bonds. The van der Waals surface area contributed by atoms with Crippen molar-refractivity contribution in [2.75, 3.05) is 7.11 Å². The number of hydrogen-bond acceptors (Lipinski definition) is 5. The first-order valence-electron chi connectivity index (χ1n) is 15.0. The van der Waals surface area contributed by atoms with Crippen LogP contribution in [-0.4, -0.2) is 36.5 Å². The Morgan fingerprint density at radius 2 is 1.21 bits per heavy atom. The van der Waals surface area contributed by atoms with Gasteiger partial charge in [0.2, 0.25) is 10.0 Å². The molecule has 1 heterocycles. The summed E-state index contributed by atoms with van der Waals surface area (Å²) in [5.41, 5.74) is 2.55. The molecule has 3 atom stereocenters. The first-order chi connectivity index (χ1) is 19.8. The van der Waals surface area contributed by atoms with E-state index >= 15 is 0 Å². The summed E-state index contributed by atoms with van der Waals surface area (Å²) in [4.78, 5) is 0.225. The van der Waals surface area contributed by atoms with Crippen LogP contribution in [-0.2, 0) is 18.9 Å². The van der Waals surface area contributed by atoms with Crippen molar-refractivity contribution in [3.8, 4) is 5.75 Å². The Labute approximate surface area is 261 Å². The minimum Gasteiger partial charge on any atom is -0.497 e. The van der Waals surface area contributed by atoms with Crippen LogP contribution in [0, 0.1) is 0 Å². The van der Waals surface area contributed by atoms with Gasteiger partial charge in [-0.05, 0) is 71.7 Å². The minimum absolute atomic E-state index is 0.106. The van der Waals surface area contributed by atoms with E-state index in [1.165, 1.54) is 0 Å². The van der Waals surface area contributed by atoms with Crippen molar-refractivity contribution in [3.63, 3.8) is 0 Å². The molecule has 1 aliphatic rings. The van der Waals surface area contributed by atoms with E-state index < -0.39 is 45.0 Å². The lowest BCUT2D eigenvalue weighted by Gasteiger charge is -2.51. The molecule has 0 radical (unpaired) electrons. The van der Waals surface area contributed by atoms with Gasteiger partial charge in [-0.25, -0.2) is 8.42 Å². The molecule has 4 rings (SSSR count). The van der Waals surface area contributed by atoms with E-state index in [-0.39, 0.29) is 15.0 Å². The maximum Gasteiger partial charge on any atom is 0.246 e. The maximum absolute atomic E-state index is 15.0. The van der Waals surface area contributed by atoms with Crippen molar-refractivity contribution >= 4 is 26.7 Å². The van der Waals surface area contributed by atoms with Gasteiger partial charge in [-0.1, -0.05) is 96.1 Å². The molecule has 0 N–H and O–H groups in total. The molecule has 0 spiro atoms. The fraction of sp³-hybridized carbons (Fsp3) is 0.471. The molecule has 3 aromatic carbocycles. The highest BCUT2D eigenvalue weighted by Crippen LogP contribution is 2.55. The van der Waals surface area contributed by atoms with Gasteiger partial charge in [-0.3, -0.25) is 0 Å². The quantitative estimate of drug-likeness (QED) is 0.230. The van der Waals surface area contributed by atoms with E-state index in [0.29, 0.717) is 5.75 Å². The van der Waals surface area contributed by atoms with Crippen LogP contribution >= 0.6 is 0 Å². The number of nitrogens with zero attached hydrogens (tertiary/aromatic N) is 1. The fourth-order valence-electron chi connectivity index (χ4n) is 4.89. The van der Waals surface area contributed by atoms with Crippen LogP contribution < -0.4 is 4.74 Å². The molecule has 0 aromatic heterocycles. The highest BCUT2D eigenvalue weighted by Gasteiger charge is 2.54. The molecule has 0 bridgehead atoms. The molecule has 0 unspecified atom stereocenters. The maximum atomic E-state index is 15.0. The second kappa shape index (κ2) is 11.9. The van der Waals surface area contributed by atoms with E-state index in [4.69, 9.17) is 13.6 Å². The normalized spacial score (nSPS) is 20.5. The summed E-state index contributed by atoms with van der Waals surface area (Å²) in [6.07, 6.45) is -1.46. The number of rotatable bonds is 8. The third kappa shape index (κ3) is 6.58. The van der Waals surface area contributed by atoms with Crippen LogP contribution in [0.3, 0.4) is 0 Å². The fourth-order valence-corrected chi connectivity index (χ4v) is 9.05. The Kier molecular flexibility index (Phi) is 9.31. The molecule has 43 heavy (non-hydrogen) atoms. The van der Waals surface area contributed by atoms with Crippen molar-refractivity contribution < 1.29 is 22.0 Å². The molecular weight excluding hydrogens is 591 g/mol. The smallest absolute Gasteiger partial charge is 0.246 e. The summed E-state index contributed by atoms with van der Waals surface area (Å²) in [7, 11) is -7.35. The summed E-state index contributed by atoms with van der Waals surface area (Å²) in [6, 6.07) is 23.7. The Balaban J connectivity index is 2.11. The van der Waals surface area contributed by atoms with Crippen molar-refractivity contribution in [1.82, 2.24) is 4.31 Å². The lowest BCUT2D eigenvalue weighted by atomic mass is 9.88. The van der Waals surface area contributed by atoms with Gasteiger partial charge in [0.05, 0.1) is 24.2 Å². The average molecular weight is 640 g/mol. The number of benzene rings is 3. The van der Waals surface area contributed by atoms with Crippen molar-refractivity contribution in [1.29, 1.82) is 0 Å². The zero-order chi connectivity index (χ0) is 32.0. The molecule has 1 aliphatic heterocycles. The Morgan fingerprint density at radius 3 is 1.72 bits per heavy atom. The predicted molar refractivity (Wildman–Crippen MR) is 180 cm³/mol. The lowest BCUT2D eigenvalue weighted by molar-refractivity contribution is -0.0195. The zero-order valence-corrected chi connectivity index (χ0v) is 30.5. The number of ether oxygens (including phenoxy) is 1. The van der Waals surface area contributed by atoms with E-state index in [0.717, 1.165) is 16.7 Å². The third-order valence-electron chi connectivity index (χ3n) is 9.56. The van der Waals surface area contributed by atoms with Crippen LogP contribution in [0.5, 0.6) is 5.75 Å². The highest BCUT2D eigenvalue weighted by atomic mass is 32.2. The van der Waals surface area contributed by atoms with E-state index in [2.05, 4.69) is 67.7 Å². The van der Waals surface area contributed by atoms with Gasteiger partial charge >= 0.3 is 0 Å². The van der Waals surface area contributed by atoms with Crippen molar-refractivity contribution in [2.45, 2.75) is 101 Å². The first kappa shape index (κ1) is 33.6. The second-order valence-corrected chi connectivity index (χ2v) is 25.9. The van der Waals surface area contributed by atoms with Crippen LogP contribution in [0.4, 0.5) is 0 Å². The predicted octanol–water partition coefficient (Wildman–Crippen LogP) is 9.22. The summed E-state index contributed by atoms with van der Waals surface area (Å²) in [5.74, 6) is 0.694. The van der Waals surface area contributed by atoms with E-state index in [1.807, 2.05) is 54.6 Å². The van der Waals surface area contributed by atoms with Gasteiger partial charge in [0, 0.05) is 5.56 Å². The molecule has 0 aliphatic carbocycles. The third-order valence-corrected chi connectivity index (χ3v) is 20.3. The molecular formula is C34H49NO5SSi2. The monoisotopic (exact) mass is 639 g/mol. The van der Waals surface area contributed by atoms with Gasteiger partial charge in [-0.2, -0.15) is 4.31 Å². The SMILES string of the molecule is COc1ccc2c(c1)[C@H](O[Si](C)(C)C(C)(C)C)[C@H](c1ccccc1)N(S(=O)(=O)c1ccccc1)[C@@H]2O[Si](C)(C)C(C)(C)C. The van der Waals surface area contributed by atoms with Crippen LogP contribution in [0.25, 0.3) is 0 Å². The topological polar surface area (TPSA) is 65.1 Å². The standard InChI is InChI=1S/C34H49NO5SSi2/c1-33(2,3)42(8,9)39-31-29-24-26(38-7)22-23-28(29)32(40-43(10,11)34(4,5)6)35(30(31)25-18-14-12-15-19-25)41(36,37)27-20-16-13-17-21-27/h12-24,30-32H,1-11H3/t30-,31-,32+/m0/s1. The summed E-state index contributed by atoms with van der Waals surface area (Å²) in [6.45, 7) is 21.9. The molecule has 234 valence electrons. The van der Waals surface area contributed by atoms with Gasteiger partial charge in [0.25, 0.3) is 0 Å². The first-order valence-corrected chi connectivity index (χ1v) is 22.2. The Hall–Kier alpha value is -2.28.